The van der Waals surface area contributed by atoms with Crippen LogP contribution >= 0.6 is 7.82 Å². The van der Waals surface area contributed by atoms with E-state index in [1.54, 1.807) is 0 Å². The zero-order valence-corrected chi connectivity index (χ0v) is 11.9. The van der Waals surface area contributed by atoms with Crippen molar-refractivity contribution in [3.63, 3.8) is 0 Å². The van der Waals surface area contributed by atoms with Gasteiger partial charge < -0.3 is 0 Å². The maximum atomic E-state index is 12.5. The van der Waals surface area contributed by atoms with Crippen molar-refractivity contribution in [3.8, 4) is 0 Å². The van der Waals surface area contributed by atoms with Gasteiger partial charge in [-0.25, -0.2) is 30.9 Å². The van der Waals surface area contributed by atoms with Gasteiger partial charge in [0.05, 0.1) is 0 Å². The Bertz CT molecular complexity index is 294. The zero-order chi connectivity index (χ0) is 16.2. The molecule has 0 amide bonds. The molecule has 0 fully saturated rings. The van der Waals surface area contributed by atoms with Crippen LogP contribution in [0.25, 0.3) is 0 Å². The molecule has 0 aliphatic rings. The van der Waals surface area contributed by atoms with Crippen molar-refractivity contribution < 1.29 is 44.5 Å². The Morgan fingerprint density at radius 1 is 0.700 bits per heavy atom. The molecule has 0 radical (unpaired) electrons. The Kier molecular flexibility index (Phi) is 6.53. The maximum absolute atomic E-state index is 12.5. The van der Waals surface area contributed by atoms with Crippen LogP contribution in [-0.4, -0.2) is 37.6 Å². The molecule has 20 heavy (non-hydrogen) atoms. The van der Waals surface area contributed by atoms with Gasteiger partial charge in [0.2, 0.25) is 0 Å². The van der Waals surface area contributed by atoms with Gasteiger partial charge in [0.15, 0.2) is 0 Å². The number of alkyl halides is 6. The standard InChI is InChI=1S/C9H15F6O4P/c1-7(10,11)4-17-20(16,18-5-8(2,12)13)19-6-9(3,14)15/h4-6H2,1-3H3. The van der Waals surface area contributed by atoms with E-state index in [0.29, 0.717) is 20.8 Å². The third-order valence-corrected chi connectivity index (χ3v) is 2.76. The monoisotopic (exact) mass is 332 g/mol. The molecule has 0 atom stereocenters. The lowest BCUT2D eigenvalue weighted by Crippen LogP contribution is -2.24. The molecule has 0 N–H and O–H groups in total. The quantitative estimate of drug-likeness (QED) is 0.471. The highest BCUT2D eigenvalue weighted by molar-refractivity contribution is 7.48. The molecule has 0 aliphatic carbocycles. The predicted octanol–water partition coefficient (Wildman–Crippen LogP) is 4.11. The minimum Gasteiger partial charge on any atom is -0.281 e. The summed E-state index contributed by atoms with van der Waals surface area (Å²) in [5, 5.41) is 0. The van der Waals surface area contributed by atoms with Crippen molar-refractivity contribution in [1.29, 1.82) is 0 Å². The van der Waals surface area contributed by atoms with Crippen LogP contribution in [-0.2, 0) is 18.1 Å². The van der Waals surface area contributed by atoms with E-state index in [9.17, 15) is 30.9 Å². The topological polar surface area (TPSA) is 44.8 Å². The van der Waals surface area contributed by atoms with E-state index >= 15 is 0 Å². The Morgan fingerprint density at radius 3 is 1.05 bits per heavy atom. The molecule has 4 nitrogen and oxygen atoms in total. The van der Waals surface area contributed by atoms with Crippen molar-refractivity contribution in [1.82, 2.24) is 0 Å². The second-order valence-electron chi connectivity index (χ2n) is 4.48. The van der Waals surface area contributed by atoms with Crippen molar-refractivity contribution in [2.75, 3.05) is 19.8 Å². The molecule has 0 unspecified atom stereocenters. The average molecular weight is 332 g/mol. The molecule has 11 heteroatoms. The van der Waals surface area contributed by atoms with Crippen molar-refractivity contribution in [3.05, 3.63) is 0 Å². The first-order chi connectivity index (χ1) is 8.62. The Balaban J connectivity index is 4.71. The van der Waals surface area contributed by atoms with E-state index in [1.165, 1.54) is 0 Å². The number of halogens is 6. The third kappa shape index (κ3) is 11.5. The lowest BCUT2D eigenvalue weighted by molar-refractivity contribution is -0.0740. The van der Waals surface area contributed by atoms with Crippen LogP contribution in [0.2, 0.25) is 0 Å². The Labute approximate surface area is 112 Å². The van der Waals surface area contributed by atoms with Crippen LogP contribution in [0.5, 0.6) is 0 Å². The van der Waals surface area contributed by atoms with Crippen molar-refractivity contribution in [2.24, 2.45) is 0 Å². The molecular weight excluding hydrogens is 317 g/mol. The highest BCUT2D eigenvalue weighted by atomic mass is 31.2. The maximum Gasteiger partial charge on any atom is 0.475 e. The summed E-state index contributed by atoms with van der Waals surface area (Å²) in [6, 6.07) is 0. The minimum absolute atomic E-state index is 0.389. The number of hydrogen-bond donors (Lipinski definition) is 0. The number of hydrogen-bond acceptors (Lipinski definition) is 4. The van der Waals surface area contributed by atoms with Gasteiger partial charge in [0.25, 0.3) is 17.8 Å². The fourth-order valence-electron chi connectivity index (χ4n) is 0.689. The van der Waals surface area contributed by atoms with Crippen LogP contribution in [0, 0.1) is 0 Å². The van der Waals surface area contributed by atoms with Gasteiger partial charge in [-0.3, -0.25) is 13.6 Å². The molecule has 0 saturated carbocycles. The summed E-state index contributed by atoms with van der Waals surface area (Å²) in [6.45, 7) is -3.31. The molecule has 0 aromatic rings. The lowest BCUT2D eigenvalue weighted by atomic mass is 10.4. The van der Waals surface area contributed by atoms with Crippen molar-refractivity contribution in [2.45, 2.75) is 38.5 Å². The van der Waals surface area contributed by atoms with E-state index in [0.717, 1.165) is 0 Å². The summed E-state index contributed by atoms with van der Waals surface area (Å²) in [7, 11) is -4.95. The first-order valence-corrected chi connectivity index (χ1v) is 6.75. The fourth-order valence-corrected chi connectivity index (χ4v) is 2.07. The second-order valence-corrected chi connectivity index (χ2v) is 6.15. The summed E-state index contributed by atoms with van der Waals surface area (Å²) in [4.78, 5) is 0. The van der Waals surface area contributed by atoms with Crippen LogP contribution in [0.1, 0.15) is 20.8 Å². The molecule has 0 spiro atoms. The van der Waals surface area contributed by atoms with Gasteiger partial charge in [-0.1, -0.05) is 0 Å². The van der Waals surface area contributed by atoms with Crippen LogP contribution in [0.15, 0.2) is 0 Å². The number of phosphoric ester groups is 1. The van der Waals surface area contributed by atoms with Gasteiger partial charge in [-0.05, 0) is 0 Å². The fraction of sp³-hybridized carbons (Fsp3) is 1.00. The summed E-state index contributed by atoms with van der Waals surface area (Å²) in [5.41, 5.74) is 0. The minimum atomic E-state index is -4.95. The molecular formula is C9H15F6O4P. The van der Waals surface area contributed by atoms with E-state index in [-0.39, 0.29) is 0 Å². The smallest absolute Gasteiger partial charge is 0.281 e. The van der Waals surface area contributed by atoms with E-state index in [2.05, 4.69) is 13.6 Å². The normalized spacial score (nSPS) is 14.7. The summed E-state index contributed by atoms with van der Waals surface area (Å²) in [6.07, 6.45) is 0. The largest absolute Gasteiger partial charge is 0.475 e. The highest BCUT2D eigenvalue weighted by Gasteiger charge is 2.38. The summed E-state index contributed by atoms with van der Waals surface area (Å²) >= 11 is 0. The van der Waals surface area contributed by atoms with Gasteiger partial charge in [0.1, 0.15) is 19.8 Å². The molecule has 0 aliphatic heterocycles. The van der Waals surface area contributed by atoms with E-state index in [4.69, 9.17) is 0 Å². The highest BCUT2D eigenvalue weighted by Crippen LogP contribution is 2.51. The first kappa shape index (κ1) is 19.7. The molecule has 0 bridgehead atoms. The van der Waals surface area contributed by atoms with Gasteiger partial charge in [0, 0.05) is 20.8 Å². The second kappa shape index (κ2) is 6.64. The Morgan fingerprint density at radius 2 is 0.900 bits per heavy atom. The predicted molar refractivity (Wildman–Crippen MR) is 57.3 cm³/mol. The average Bonchev–Trinajstić information content (AvgIpc) is 2.18. The van der Waals surface area contributed by atoms with Gasteiger partial charge >= 0.3 is 7.82 Å². The number of phosphoric acid groups is 1. The molecule has 0 aromatic carbocycles. The first-order valence-electron chi connectivity index (χ1n) is 5.29. The lowest BCUT2D eigenvalue weighted by Gasteiger charge is -2.22. The van der Waals surface area contributed by atoms with Crippen molar-refractivity contribution >= 4 is 7.82 Å². The molecule has 0 heterocycles. The molecule has 0 aromatic heterocycles. The number of rotatable bonds is 9. The van der Waals surface area contributed by atoms with Gasteiger partial charge in [-0.2, -0.15) is 0 Å². The van der Waals surface area contributed by atoms with Crippen LogP contribution in [0.4, 0.5) is 26.3 Å². The van der Waals surface area contributed by atoms with E-state index in [1.807, 2.05) is 0 Å². The van der Waals surface area contributed by atoms with Crippen LogP contribution < -0.4 is 0 Å². The molecule has 0 rings (SSSR count). The van der Waals surface area contributed by atoms with E-state index < -0.39 is 45.4 Å². The SMILES string of the molecule is CC(F)(F)COP(=O)(OCC(C)(F)F)OCC(C)(F)F. The third-order valence-electron chi connectivity index (χ3n) is 1.43. The summed E-state index contributed by atoms with van der Waals surface area (Å²) < 4.78 is 99.2. The van der Waals surface area contributed by atoms with Gasteiger partial charge in [-0.15, -0.1) is 0 Å². The summed E-state index contributed by atoms with van der Waals surface area (Å²) in [5.74, 6) is -10.4. The molecule has 122 valence electrons. The zero-order valence-electron chi connectivity index (χ0n) is 11.0. The Hall–Kier alpha value is -0.310. The molecule has 0 saturated heterocycles. The van der Waals surface area contributed by atoms with Crippen LogP contribution in [0.3, 0.4) is 0 Å².